The fourth-order valence-corrected chi connectivity index (χ4v) is 1.86. The summed E-state index contributed by atoms with van der Waals surface area (Å²) in [6.45, 7) is 1.63. The lowest BCUT2D eigenvalue weighted by molar-refractivity contribution is -0.121. The lowest BCUT2D eigenvalue weighted by Gasteiger charge is -2.05. The Morgan fingerprint density at radius 3 is 2.61 bits per heavy atom. The molecule has 1 fully saturated rings. The third kappa shape index (κ3) is 5.07. The number of carbonyl (C=O) groups is 1. The minimum Gasteiger partial charge on any atom is -0.353 e. The van der Waals surface area contributed by atoms with E-state index in [9.17, 15) is 4.79 Å². The average Bonchev–Trinajstić information content (AvgIpc) is 3.15. The standard InChI is InChI=1S/C14H19ClN2O/c15-12-3-1-11(2-4-12)7-9-16-10-8-14(18)17-13-5-6-13/h1-4,13,16H,5-10H2,(H,17,18). The molecule has 98 valence electrons. The number of rotatable bonds is 7. The van der Waals surface area contributed by atoms with Crippen LogP contribution in [0, 0.1) is 0 Å². The number of carbonyl (C=O) groups excluding carboxylic acids is 1. The van der Waals surface area contributed by atoms with Gasteiger partial charge in [-0.1, -0.05) is 23.7 Å². The number of hydrogen-bond donors (Lipinski definition) is 2. The van der Waals surface area contributed by atoms with Crippen molar-refractivity contribution in [1.82, 2.24) is 10.6 Å². The molecule has 2 N–H and O–H groups in total. The monoisotopic (exact) mass is 266 g/mol. The van der Waals surface area contributed by atoms with E-state index in [2.05, 4.69) is 10.6 Å². The molecule has 1 saturated carbocycles. The molecular formula is C14H19ClN2O. The predicted octanol–water partition coefficient (Wildman–Crippen LogP) is 2.14. The molecule has 2 rings (SSSR count). The van der Waals surface area contributed by atoms with Gasteiger partial charge in [-0.3, -0.25) is 4.79 Å². The molecule has 1 aliphatic rings. The van der Waals surface area contributed by atoms with Gasteiger partial charge in [-0.05, 0) is 43.5 Å². The van der Waals surface area contributed by atoms with Crippen molar-refractivity contribution < 1.29 is 4.79 Å². The van der Waals surface area contributed by atoms with Crippen LogP contribution in [0.5, 0.6) is 0 Å². The summed E-state index contributed by atoms with van der Waals surface area (Å²) in [7, 11) is 0. The van der Waals surface area contributed by atoms with E-state index in [0.717, 1.165) is 37.4 Å². The first-order chi connectivity index (χ1) is 8.74. The summed E-state index contributed by atoms with van der Waals surface area (Å²) < 4.78 is 0. The predicted molar refractivity (Wildman–Crippen MR) is 73.8 cm³/mol. The van der Waals surface area contributed by atoms with E-state index in [-0.39, 0.29) is 5.91 Å². The lowest BCUT2D eigenvalue weighted by Crippen LogP contribution is -2.29. The number of amides is 1. The number of halogens is 1. The molecule has 0 unspecified atom stereocenters. The third-order valence-electron chi connectivity index (χ3n) is 2.98. The fraction of sp³-hybridized carbons (Fsp3) is 0.500. The molecular weight excluding hydrogens is 248 g/mol. The zero-order valence-corrected chi connectivity index (χ0v) is 11.2. The smallest absolute Gasteiger partial charge is 0.221 e. The van der Waals surface area contributed by atoms with Gasteiger partial charge >= 0.3 is 0 Å². The van der Waals surface area contributed by atoms with Crippen molar-refractivity contribution in [2.75, 3.05) is 13.1 Å². The maximum atomic E-state index is 11.4. The quantitative estimate of drug-likeness (QED) is 0.743. The first kappa shape index (κ1) is 13.4. The lowest BCUT2D eigenvalue weighted by atomic mass is 10.1. The Labute approximate surface area is 113 Å². The second-order valence-electron chi connectivity index (χ2n) is 4.72. The summed E-state index contributed by atoms with van der Waals surface area (Å²) in [5, 5.41) is 7.02. The molecule has 1 aliphatic carbocycles. The number of nitrogens with one attached hydrogen (secondary N) is 2. The van der Waals surface area contributed by atoms with Crippen molar-refractivity contribution in [1.29, 1.82) is 0 Å². The molecule has 0 saturated heterocycles. The summed E-state index contributed by atoms with van der Waals surface area (Å²) in [6.07, 6.45) is 3.82. The van der Waals surface area contributed by atoms with Crippen molar-refractivity contribution in [3.63, 3.8) is 0 Å². The Bertz CT molecular complexity index is 387. The van der Waals surface area contributed by atoms with E-state index < -0.39 is 0 Å². The molecule has 0 heterocycles. The van der Waals surface area contributed by atoms with Gasteiger partial charge in [0.25, 0.3) is 0 Å². The molecule has 18 heavy (non-hydrogen) atoms. The highest BCUT2D eigenvalue weighted by Crippen LogP contribution is 2.18. The van der Waals surface area contributed by atoms with Gasteiger partial charge in [0.2, 0.25) is 5.91 Å². The molecule has 0 radical (unpaired) electrons. The van der Waals surface area contributed by atoms with E-state index >= 15 is 0 Å². The van der Waals surface area contributed by atoms with Crippen LogP contribution in [-0.2, 0) is 11.2 Å². The number of hydrogen-bond acceptors (Lipinski definition) is 2. The Hall–Kier alpha value is -1.06. The molecule has 0 aliphatic heterocycles. The molecule has 1 amide bonds. The topological polar surface area (TPSA) is 41.1 Å². The van der Waals surface area contributed by atoms with Gasteiger partial charge < -0.3 is 10.6 Å². The Morgan fingerprint density at radius 1 is 1.22 bits per heavy atom. The first-order valence-corrected chi connectivity index (χ1v) is 6.86. The Morgan fingerprint density at radius 2 is 1.94 bits per heavy atom. The van der Waals surface area contributed by atoms with Crippen LogP contribution in [0.25, 0.3) is 0 Å². The van der Waals surface area contributed by atoms with E-state index in [1.54, 1.807) is 0 Å². The summed E-state index contributed by atoms with van der Waals surface area (Å²) >= 11 is 5.82. The third-order valence-corrected chi connectivity index (χ3v) is 3.23. The summed E-state index contributed by atoms with van der Waals surface area (Å²) in [4.78, 5) is 11.4. The summed E-state index contributed by atoms with van der Waals surface area (Å²) in [5.74, 6) is 0.163. The van der Waals surface area contributed by atoms with Gasteiger partial charge in [-0.2, -0.15) is 0 Å². The molecule has 0 atom stereocenters. The maximum absolute atomic E-state index is 11.4. The van der Waals surface area contributed by atoms with Crippen LogP contribution in [0.4, 0.5) is 0 Å². The molecule has 3 nitrogen and oxygen atoms in total. The van der Waals surface area contributed by atoms with Crippen LogP contribution in [0.3, 0.4) is 0 Å². The Kier molecular flexibility index (Phi) is 5.02. The van der Waals surface area contributed by atoms with Crippen molar-refractivity contribution in [3.8, 4) is 0 Å². The zero-order valence-electron chi connectivity index (χ0n) is 10.4. The van der Waals surface area contributed by atoms with Crippen molar-refractivity contribution in [3.05, 3.63) is 34.9 Å². The second-order valence-corrected chi connectivity index (χ2v) is 5.15. The van der Waals surface area contributed by atoms with Gasteiger partial charge in [0.1, 0.15) is 0 Å². The van der Waals surface area contributed by atoms with Crippen molar-refractivity contribution in [2.24, 2.45) is 0 Å². The van der Waals surface area contributed by atoms with E-state index in [1.807, 2.05) is 24.3 Å². The second kappa shape index (κ2) is 6.76. The first-order valence-electron chi connectivity index (χ1n) is 6.48. The molecule has 1 aromatic rings. The highest BCUT2D eigenvalue weighted by molar-refractivity contribution is 6.30. The van der Waals surface area contributed by atoms with Gasteiger partial charge in [0, 0.05) is 24.0 Å². The van der Waals surface area contributed by atoms with Gasteiger partial charge in [0.15, 0.2) is 0 Å². The molecule has 0 spiro atoms. The average molecular weight is 267 g/mol. The minimum absolute atomic E-state index is 0.163. The summed E-state index contributed by atoms with van der Waals surface area (Å²) in [5.41, 5.74) is 1.26. The molecule has 0 bridgehead atoms. The van der Waals surface area contributed by atoms with E-state index in [0.29, 0.717) is 12.5 Å². The molecule has 1 aromatic carbocycles. The van der Waals surface area contributed by atoms with Crippen LogP contribution in [0.15, 0.2) is 24.3 Å². The highest BCUT2D eigenvalue weighted by Gasteiger charge is 2.22. The highest BCUT2D eigenvalue weighted by atomic mass is 35.5. The largest absolute Gasteiger partial charge is 0.353 e. The SMILES string of the molecule is O=C(CCNCCc1ccc(Cl)cc1)NC1CC1. The maximum Gasteiger partial charge on any atom is 0.221 e. The minimum atomic E-state index is 0.163. The number of benzene rings is 1. The summed E-state index contributed by atoms with van der Waals surface area (Å²) in [6, 6.07) is 8.33. The molecule has 4 heteroatoms. The van der Waals surface area contributed by atoms with Crippen LogP contribution < -0.4 is 10.6 Å². The Balaban J connectivity index is 1.52. The molecule has 0 aromatic heterocycles. The van der Waals surface area contributed by atoms with Crippen molar-refractivity contribution >= 4 is 17.5 Å². The normalized spacial score (nSPS) is 14.5. The van der Waals surface area contributed by atoms with Gasteiger partial charge in [0.05, 0.1) is 0 Å². The van der Waals surface area contributed by atoms with Crippen LogP contribution in [-0.4, -0.2) is 25.0 Å². The van der Waals surface area contributed by atoms with E-state index in [4.69, 9.17) is 11.6 Å². The van der Waals surface area contributed by atoms with Crippen molar-refractivity contribution in [2.45, 2.75) is 31.7 Å². The zero-order chi connectivity index (χ0) is 12.8. The van der Waals surface area contributed by atoms with Gasteiger partial charge in [-0.25, -0.2) is 0 Å². The van der Waals surface area contributed by atoms with E-state index in [1.165, 1.54) is 5.56 Å². The van der Waals surface area contributed by atoms with Crippen LogP contribution in [0.1, 0.15) is 24.8 Å². The fourth-order valence-electron chi connectivity index (χ4n) is 1.74. The van der Waals surface area contributed by atoms with Crippen LogP contribution >= 0.6 is 11.6 Å². The van der Waals surface area contributed by atoms with Gasteiger partial charge in [-0.15, -0.1) is 0 Å². The van der Waals surface area contributed by atoms with Crippen LogP contribution in [0.2, 0.25) is 5.02 Å².